The number of nitrogens with zero attached hydrogens (tertiary/aromatic N) is 1. The molecule has 24 heavy (non-hydrogen) atoms. The normalized spacial score (nSPS) is 11.4. The van der Waals surface area contributed by atoms with E-state index in [0.717, 1.165) is 5.56 Å². The fourth-order valence-corrected chi connectivity index (χ4v) is 3.24. The van der Waals surface area contributed by atoms with Gasteiger partial charge in [-0.25, -0.2) is 8.42 Å². The molecule has 2 rings (SSSR count). The van der Waals surface area contributed by atoms with Crippen LogP contribution in [0.5, 0.6) is 0 Å². The zero-order valence-electron chi connectivity index (χ0n) is 14.3. The first-order valence-corrected chi connectivity index (χ1v) is 9.13. The van der Waals surface area contributed by atoms with Gasteiger partial charge in [-0.2, -0.15) is 0 Å². The van der Waals surface area contributed by atoms with Crippen molar-refractivity contribution >= 4 is 21.6 Å². The standard InChI is InChI=1S/C18H22N2O3S/c1-13(2)14-7-11-17(12-8-14)24(22,23)19-16-9-5-15(6-10-16)18(21)20(3)4/h5-13,19H,1-4H3. The molecule has 0 bridgehead atoms. The smallest absolute Gasteiger partial charge is 0.261 e. The van der Waals surface area contributed by atoms with E-state index in [1.165, 1.54) is 4.90 Å². The number of sulfonamides is 1. The summed E-state index contributed by atoms with van der Waals surface area (Å²) < 4.78 is 27.4. The van der Waals surface area contributed by atoms with Crippen molar-refractivity contribution < 1.29 is 13.2 Å². The maximum absolute atomic E-state index is 12.4. The topological polar surface area (TPSA) is 66.5 Å². The molecule has 2 aromatic carbocycles. The highest BCUT2D eigenvalue weighted by Gasteiger charge is 2.15. The minimum Gasteiger partial charge on any atom is -0.345 e. The lowest BCUT2D eigenvalue weighted by Crippen LogP contribution is -2.21. The van der Waals surface area contributed by atoms with Crippen molar-refractivity contribution in [3.05, 3.63) is 59.7 Å². The minimum atomic E-state index is -3.65. The average molecular weight is 346 g/mol. The molecular formula is C18H22N2O3S. The van der Waals surface area contributed by atoms with Crippen LogP contribution in [0.25, 0.3) is 0 Å². The van der Waals surface area contributed by atoms with Crippen LogP contribution in [0.3, 0.4) is 0 Å². The van der Waals surface area contributed by atoms with Crippen molar-refractivity contribution in [1.82, 2.24) is 4.90 Å². The van der Waals surface area contributed by atoms with Crippen LogP contribution >= 0.6 is 0 Å². The summed E-state index contributed by atoms with van der Waals surface area (Å²) >= 11 is 0. The molecule has 0 heterocycles. The third kappa shape index (κ3) is 4.14. The van der Waals surface area contributed by atoms with E-state index in [2.05, 4.69) is 18.6 Å². The van der Waals surface area contributed by atoms with E-state index < -0.39 is 10.0 Å². The van der Waals surface area contributed by atoms with Crippen molar-refractivity contribution in [3.8, 4) is 0 Å². The number of rotatable bonds is 5. The zero-order valence-corrected chi connectivity index (χ0v) is 15.1. The van der Waals surface area contributed by atoms with E-state index >= 15 is 0 Å². The van der Waals surface area contributed by atoms with E-state index in [1.54, 1.807) is 50.5 Å². The summed E-state index contributed by atoms with van der Waals surface area (Å²) in [6.07, 6.45) is 0. The van der Waals surface area contributed by atoms with E-state index in [-0.39, 0.29) is 10.8 Å². The lowest BCUT2D eigenvalue weighted by molar-refractivity contribution is 0.0827. The number of carbonyl (C=O) groups is 1. The Balaban J connectivity index is 2.18. The maximum atomic E-state index is 12.4. The Bertz CT molecular complexity index is 808. The summed E-state index contributed by atoms with van der Waals surface area (Å²) in [5.74, 6) is 0.213. The van der Waals surface area contributed by atoms with Crippen molar-refractivity contribution in [2.24, 2.45) is 0 Å². The highest BCUT2D eigenvalue weighted by atomic mass is 32.2. The number of hydrogen-bond acceptors (Lipinski definition) is 3. The molecule has 0 fully saturated rings. The first kappa shape index (κ1) is 18.0. The van der Waals surface area contributed by atoms with Gasteiger partial charge in [0, 0.05) is 25.3 Å². The highest BCUT2D eigenvalue weighted by molar-refractivity contribution is 7.92. The van der Waals surface area contributed by atoms with Crippen LogP contribution in [-0.2, 0) is 10.0 Å². The Kier molecular flexibility index (Phi) is 5.29. The molecule has 5 nitrogen and oxygen atoms in total. The minimum absolute atomic E-state index is 0.131. The lowest BCUT2D eigenvalue weighted by atomic mass is 10.0. The fourth-order valence-electron chi connectivity index (χ4n) is 2.19. The Morgan fingerprint density at radius 2 is 1.50 bits per heavy atom. The van der Waals surface area contributed by atoms with Gasteiger partial charge in [-0.3, -0.25) is 9.52 Å². The van der Waals surface area contributed by atoms with Crippen LogP contribution in [0.4, 0.5) is 5.69 Å². The van der Waals surface area contributed by atoms with E-state index in [1.807, 2.05) is 12.1 Å². The molecule has 0 radical (unpaired) electrons. The Morgan fingerprint density at radius 3 is 1.96 bits per heavy atom. The fraction of sp³-hybridized carbons (Fsp3) is 0.278. The van der Waals surface area contributed by atoms with Crippen LogP contribution in [0.2, 0.25) is 0 Å². The predicted molar refractivity (Wildman–Crippen MR) is 95.8 cm³/mol. The molecule has 128 valence electrons. The molecule has 0 atom stereocenters. The third-order valence-corrected chi connectivity index (χ3v) is 5.04. The van der Waals surface area contributed by atoms with Crippen LogP contribution in [0, 0.1) is 0 Å². The molecule has 1 amide bonds. The quantitative estimate of drug-likeness (QED) is 0.903. The molecule has 6 heteroatoms. The number of carbonyl (C=O) groups excluding carboxylic acids is 1. The second-order valence-corrected chi connectivity index (χ2v) is 7.79. The van der Waals surface area contributed by atoms with Crippen molar-refractivity contribution in [1.29, 1.82) is 0 Å². The number of hydrogen-bond donors (Lipinski definition) is 1. The van der Waals surface area contributed by atoms with Crippen LogP contribution in [-0.4, -0.2) is 33.3 Å². The molecule has 0 aliphatic rings. The second-order valence-electron chi connectivity index (χ2n) is 6.11. The monoisotopic (exact) mass is 346 g/mol. The van der Waals surface area contributed by atoms with E-state index in [4.69, 9.17) is 0 Å². The van der Waals surface area contributed by atoms with Crippen LogP contribution in [0.1, 0.15) is 35.7 Å². The second kappa shape index (κ2) is 7.05. The van der Waals surface area contributed by atoms with Gasteiger partial charge >= 0.3 is 0 Å². The summed E-state index contributed by atoms with van der Waals surface area (Å²) in [4.78, 5) is 13.5. The first-order valence-electron chi connectivity index (χ1n) is 7.65. The van der Waals surface area contributed by atoms with Gasteiger partial charge in [-0.15, -0.1) is 0 Å². The highest BCUT2D eigenvalue weighted by Crippen LogP contribution is 2.20. The van der Waals surface area contributed by atoms with Crippen molar-refractivity contribution in [2.75, 3.05) is 18.8 Å². The van der Waals surface area contributed by atoms with Gasteiger partial charge < -0.3 is 4.90 Å². The summed E-state index contributed by atoms with van der Waals surface area (Å²) in [7, 11) is -0.318. The Morgan fingerprint density at radius 1 is 0.958 bits per heavy atom. The SMILES string of the molecule is CC(C)c1ccc(S(=O)(=O)Nc2ccc(C(=O)N(C)C)cc2)cc1. The molecule has 0 aliphatic heterocycles. The first-order chi connectivity index (χ1) is 11.2. The van der Waals surface area contributed by atoms with E-state index in [9.17, 15) is 13.2 Å². The van der Waals surface area contributed by atoms with Crippen LogP contribution in [0.15, 0.2) is 53.4 Å². The van der Waals surface area contributed by atoms with Gasteiger partial charge in [-0.05, 0) is 47.9 Å². The van der Waals surface area contributed by atoms with E-state index in [0.29, 0.717) is 17.2 Å². The van der Waals surface area contributed by atoms with Gasteiger partial charge in [0.2, 0.25) is 0 Å². The molecule has 0 aliphatic carbocycles. The van der Waals surface area contributed by atoms with Gasteiger partial charge in [0.15, 0.2) is 0 Å². The number of amides is 1. The lowest BCUT2D eigenvalue weighted by Gasteiger charge is -2.12. The molecule has 0 aromatic heterocycles. The van der Waals surface area contributed by atoms with Crippen LogP contribution < -0.4 is 4.72 Å². The molecule has 0 saturated carbocycles. The molecule has 2 aromatic rings. The van der Waals surface area contributed by atoms with Crippen molar-refractivity contribution in [2.45, 2.75) is 24.7 Å². The van der Waals surface area contributed by atoms with Gasteiger partial charge in [0.05, 0.1) is 4.90 Å². The zero-order chi connectivity index (χ0) is 17.9. The third-order valence-electron chi connectivity index (χ3n) is 3.65. The molecule has 0 unspecified atom stereocenters. The summed E-state index contributed by atoms with van der Waals surface area (Å²) in [6, 6.07) is 13.2. The summed E-state index contributed by atoms with van der Waals surface area (Å²) in [5, 5.41) is 0. The molecule has 0 spiro atoms. The van der Waals surface area contributed by atoms with Gasteiger partial charge in [0.25, 0.3) is 15.9 Å². The predicted octanol–water partition coefficient (Wildman–Crippen LogP) is 3.31. The summed E-state index contributed by atoms with van der Waals surface area (Å²) in [6.45, 7) is 4.11. The molecular weight excluding hydrogens is 324 g/mol. The maximum Gasteiger partial charge on any atom is 0.261 e. The number of anilines is 1. The molecule has 1 N–H and O–H groups in total. The number of nitrogens with one attached hydrogen (secondary N) is 1. The molecule has 0 saturated heterocycles. The number of benzene rings is 2. The van der Waals surface area contributed by atoms with Crippen molar-refractivity contribution in [3.63, 3.8) is 0 Å². The van der Waals surface area contributed by atoms with Gasteiger partial charge in [-0.1, -0.05) is 26.0 Å². The largest absolute Gasteiger partial charge is 0.345 e. The van der Waals surface area contributed by atoms with Gasteiger partial charge in [0.1, 0.15) is 0 Å². The Hall–Kier alpha value is -2.34. The summed E-state index contributed by atoms with van der Waals surface area (Å²) in [5.41, 5.74) is 2.00. The average Bonchev–Trinajstić information content (AvgIpc) is 2.54. The Labute approximate surface area is 143 Å².